The van der Waals surface area contributed by atoms with Crippen LogP contribution in [0.3, 0.4) is 0 Å². The molecule has 1 atom stereocenters. The summed E-state index contributed by atoms with van der Waals surface area (Å²) in [7, 11) is 0. The van der Waals surface area contributed by atoms with Crippen molar-refractivity contribution in [3.8, 4) is 0 Å². The van der Waals surface area contributed by atoms with E-state index in [-0.39, 0.29) is 12.3 Å². The highest BCUT2D eigenvalue weighted by atomic mass is 16.4. The van der Waals surface area contributed by atoms with Crippen molar-refractivity contribution in [2.24, 2.45) is 0 Å². The minimum atomic E-state index is -0.953. The van der Waals surface area contributed by atoms with Crippen molar-refractivity contribution in [1.29, 1.82) is 0 Å². The fraction of sp³-hybridized carbons (Fsp3) is 0.529. The van der Waals surface area contributed by atoms with Gasteiger partial charge in [-0.25, -0.2) is 4.79 Å². The maximum atomic E-state index is 12.0. The summed E-state index contributed by atoms with van der Waals surface area (Å²) in [6.07, 6.45) is 5.85. The quantitative estimate of drug-likeness (QED) is 0.810. The van der Waals surface area contributed by atoms with Crippen molar-refractivity contribution in [1.82, 2.24) is 5.32 Å². The number of hydrogen-bond donors (Lipinski definition) is 2. The second-order valence-corrected chi connectivity index (χ2v) is 5.73. The molecule has 0 heterocycles. The number of nitrogens with one attached hydrogen (secondary N) is 1. The van der Waals surface area contributed by atoms with E-state index in [1.54, 1.807) is 0 Å². The van der Waals surface area contributed by atoms with Crippen LogP contribution in [0.2, 0.25) is 0 Å². The van der Waals surface area contributed by atoms with Gasteiger partial charge in [-0.3, -0.25) is 4.79 Å². The van der Waals surface area contributed by atoms with Crippen LogP contribution in [0.25, 0.3) is 0 Å². The summed E-state index contributed by atoms with van der Waals surface area (Å²) in [5.74, 6) is -1.16. The second kappa shape index (κ2) is 7.25. The van der Waals surface area contributed by atoms with Crippen LogP contribution in [0.4, 0.5) is 0 Å². The predicted molar refractivity (Wildman–Crippen MR) is 81.3 cm³/mol. The van der Waals surface area contributed by atoms with Crippen molar-refractivity contribution in [3.63, 3.8) is 0 Å². The molecule has 0 bridgehead atoms. The number of amides is 1. The number of carboxylic acid groups (broad SMARTS) is 1. The molecule has 0 fully saturated rings. The van der Waals surface area contributed by atoms with Crippen molar-refractivity contribution in [2.45, 2.75) is 57.9 Å². The lowest BCUT2D eigenvalue weighted by molar-refractivity contribution is -0.142. The molecule has 2 N–H and O–H groups in total. The van der Waals surface area contributed by atoms with E-state index >= 15 is 0 Å². The van der Waals surface area contributed by atoms with E-state index in [0.29, 0.717) is 6.42 Å². The number of carbonyl (C=O) groups is 2. The van der Waals surface area contributed by atoms with Crippen LogP contribution in [0.1, 0.15) is 49.3 Å². The van der Waals surface area contributed by atoms with E-state index in [0.717, 1.165) is 31.2 Å². The van der Waals surface area contributed by atoms with E-state index in [4.69, 9.17) is 5.11 Å². The minimum absolute atomic E-state index is 0.212. The highest BCUT2D eigenvalue weighted by Gasteiger charge is 2.19. The first kappa shape index (κ1) is 15.5. The van der Waals surface area contributed by atoms with Crippen LogP contribution >= 0.6 is 0 Å². The SMILES string of the molecule is CCCC[C@H](NC(=O)Cc1ccc2c(c1)CCC2)C(=O)O. The maximum Gasteiger partial charge on any atom is 0.326 e. The highest BCUT2D eigenvalue weighted by molar-refractivity contribution is 5.84. The Labute approximate surface area is 125 Å². The van der Waals surface area contributed by atoms with Crippen molar-refractivity contribution < 1.29 is 14.7 Å². The highest BCUT2D eigenvalue weighted by Crippen LogP contribution is 2.23. The molecule has 0 aliphatic heterocycles. The third-order valence-corrected chi connectivity index (χ3v) is 4.01. The number of rotatable bonds is 7. The van der Waals surface area contributed by atoms with Gasteiger partial charge in [-0.1, -0.05) is 38.0 Å². The summed E-state index contributed by atoms with van der Waals surface area (Å²) in [6, 6.07) is 5.39. The van der Waals surface area contributed by atoms with Gasteiger partial charge in [-0.2, -0.15) is 0 Å². The van der Waals surface area contributed by atoms with Gasteiger partial charge in [-0.05, 0) is 42.4 Å². The summed E-state index contributed by atoms with van der Waals surface area (Å²) < 4.78 is 0. The molecule has 21 heavy (non-hydrogen) atoms. The van der Waals surface area contributed by atoms with Gasteiger partial charge in [0.2, 0.25) is 5.91 Å². The Morgan fingerprint density at radius 3 is 2.76 bits per heavy atom. The van der Waals surface area contributed by atoms with Gasteiger partial charge in [0.25, 0.3) is 0 Å². The number of hydrogen-bond acceptors (Lipinski definition) is 2. The van der Waals surface area contributed by atoms with Crippen LogP contribution in [-0.2, 0) is 28.9 Å². The number of benzene rings is 1. The lowest BCUT2D eigenvalue weighted by Gasteiger charge is -2.14. The van der Waals surface area contributed by atoms with Crippen molar-refractivity contribution >= 4 is 11.9 Å². The van der Waals surface area contributed by atoms with E-state index < -0.39 is 12.0 Å². The average molecular weight is 289 g/mol. The molecule has 4 heteroatoms. The third kappa shape index (κ3) is 4.31. The molecule has 2 rings (SSSR count). The Hall–Kier alpha value is -1.84. The number of carboxylic acids is 1. The van der Waals surface area contributed by atoms with Gasteiger partial charge in [0.1, 0.15) is 6.04 Å². The van der Waals surface area contributed by atoms with E-state index in [2.05, 4.69) is 17.4 Å². The monoisotopic (exact) mass is 289 g/mol. The smallest absolute Gasteiger partial charge is 0.326 e. The zero-order valence-corrected chi connectivity index (χ0v) is 12.5. The predicted octanol–water partition coefficient (Wildman–Crippen LogP) is 2.48. The molecule has 1 aliphatic carbocycles. The van der Waals surface area contributed by atoms with Gasteiger partial charge in [0.05, 0.1) is 6.42 Å². The largest absolute Gasteiger partial charge is 0.480 e. The van der Waals surface area contributed by atoms with Crippen LogP contribution in [-0.4, -0.2) is 23.0 Å². The topological polar surface area (TPSA) is 66.4 Å². The summed E-state index contributed by atoms with van der Waals surface area (Å²) >= 11 is 0. The van der Waals surface area contributed by atoms with Crippen LogP contribution < -0.4 is 5.32 Å². The lowest BCUT2D eigenvalue weighted by Crippen LogP contribution is -2.41. The molecular formula is C17H23NO3. The number of aliphatic carboxylic acids is 1. The maximum absolute atomic E-state index is 12.0. The third-order valence-electron chi connectivity index (χ3n) is 4.01. The molecule has 0 aromatic heterocycles. The van der Waals surface area contributed by atoms with Crippen molar-refractivity contribution in [3.05, 3.63) is 34.9 Å². The Morgan fingerprint density at radius 1 is 1.29 bits per heavy atom. The Bertz CT molecular complexity index is 525. The molecule has 0 radical (unpaired) electrons. The minimum Gasteiger partial charge on any atom is -0.480 e. The number of unbranched alkanes of at least 4 members (excludes halogenated alkanes) is 1. The fourth-order valence-electron chi connectivity index (χ4n) is 2.83. The number of fused-ring (bicyclic) bond motifs is 1. The number of aryl methyl sites for hydroxylation is 2. The molecule has 1 aliphatic rings. The first-order chi connectivity index (χ1) is 10.1. The Kier molecular flexibility index (Phi) is 5.37. The molecule has 0 saturated heterocycles. The molecule has 1 amide bonds. The van der Waals surface area contributed by atoms with Crippen LogP contribution in [0.15, 0.2) is 18.2 Å². The Morgan fingerprint density at radius 2 is 2.05 bits per heavy atom. The number of carbonyl (C=O) groups excluding carboxylic acids is 1. The van der Waals surface area contributed by atoms with Crippen LogP contribution in [0.5, 0.6) is 0 Å². The molecule has 0 saturated carbocycles. The fourth-order valence-corrected chi connectivity index (χ4v) is 2.83. The van der Waals surface area contributed by atoms with E-state index in [9.17, 15) is 9.59 Å². The molecule has 1 aromatic carbocycles. The summed E-state index contributed by atoms with van der Waals surface area (Å²) in [4.78, 5) is 23.1. The molecule has 1 aromatic rings. The zero-order chi connectivity index (χ0) is 15.2. The van der Waals surface area contributed by atoms with E-state index in [1.807, 2.05) is 13.0 Å². The summed E-state index contributed by atoms with van der Waals surface area (Å²) in [6.45, 7) is 2.01. The first-order valence-corrected chi connectivity index (χ1v) is 7.73. The summed E-state index contributed by atoms with van der Waals surface area (Å²) in [5, 5.41) is 11.8. The normalized spacial score (nSPS) is 14.5. The van der Waals surface area contributed by atoms with Gasteiger partial charge >= 0.3 is 5.97 Å². The van der Waals surface area contributed by atoms with Gasteiger partial charge in [0, 0.05) is 0 Å². The van der Waals surface area contributed by atoms with Gasteiger partial charge in [-0.15, -0.1) is 0 Å². The van der Waals surface area contributed by atoms with Crippen molar-refractivity contribution in [2.75, 3.05) is 0 Å². The van der Waals surface area contributed by atoms with Gasteiger partial charge in [0.15, 0.2) is 0 Å². The standard InChI is InChI=1S/C17H23NO3/c1-2-3-7-15(17(20)21)18-16(19)11-12-8-9-13-5-4-6-14(13)10-12/h8-10,15H,2-7,11H2,1H3,(H,18,19)(H,20,21)/t15-/m0/s1. The average Bonchev–Trinajstić information content (AvgIpc) is 2.90. The molecule has 4 nitrogen and oxygen atoms in total. The van der Waals surface area contributed by atoms with E-state index in [1.165, 1.54) is 17.5 Å². The lowest BCUT2D eigenvalue weighted by atomic mass is 10.0. The zero-order valence-electron chi connectivity index (χ0n) is 12.5. The molecule has 0 unspecified atom stereocenters. The second-order valence-electron chi connectivity index (χ2n) is 5.73. The summed E-state index contributed by atoms with van der Waals surface area (Å²) in [5.41, 5.74) is 3.68. The molecule has 114 valence electrons. The molecular weight excluding hydrogens is 266 g/mol. The van der Waals surface area contributed by atoms with Crippen LogP contribution in [0, 0.1) is 0 Å². The molecule has 0 spiro atoms. The van der Waals surface area contributed by atoms with Gasteiger partial charge < -0.3 is 10.4 Å². The first-order valence-electron chi connectivity index (χ1n) is 7.73. The Balaban J connectivity index is 1.92.